The number of halogens is 1. The second-order valence-corrected chi connectivity index (χ2v) is 9.84. The quantitative estimate of drug-likeness (QED) is 0.533. The fourth-order valence-electron chi connectivity index (χ4n) is 4.89. The highest BCUT2D eigenvalue weighted by Crippen LogP contribution is 2.45. The van der Waals surface area contributed by atoms with Gasteiger partial charge in [0.15, 0.2) is 5.69 Å². The van der Waals surface area contributed by atoms with Crippen molar-refractivity contribution in [3.63, 3.8) is 0 Å². The summed E-state index contributed by atoms with van der Waals surface area (Å²) in [7, 11) is 1.53. The summed E-state index contributed by atoms with van der Waals surface area (Å²) in [6.07, 6.45) is 2.31. The van der Waals surface area contributed by atoms with Gasteiger partial charge in [0.25, 0.3) is 11.5 Å². The molecule has 1 aliphatic carbocycles. The number of aromatic hydroxyl groups is 1. The van der Waals surface area contributed by atoms with E-state index in [0.717, 1.165) is 6.42 Å². The topological polar surface area (TPSA) is 134 Å². The Labute approximate surface area is 207 Å². The fourth-order valence-corrected chi connectivity index (χ4v) is 4.89. The molecule has 1 aromatic carbocycles. The van der Waals surface area contributed by atoms with E-state index in [1.54, 1.807) is 13.8 Å². The lowest BCUT2D eigenvalue weighted by Crippen LogP contribution is -2.53. The van der Waals surface area contributed by atoms with Gasteiger partial charge < -0.3 is 20.6 Å². The maximum Gasteiger partial charge on any atom is 0.311 e. The summed E-state index contributed by atoms with van der Waals surface area (Å²) in [5, 5.41) is 16.0. The van der Waals surface area contributed by atoms with Gasteiger partial charge in [0.1, 0.15) is 11.6 Å². The Morgan fingerprint density at radius 2 is 1.94 bits per heavy atom. The minimum atomic E-state index is -1.12. The van der Waals surface area contributed by atoms with Crippen molar-refractivity contribution in [2.24, 2.45) is 5.92 Å². The van der Waals surface area contributed by atoms with E-state index in [4.69, 9.17) is 0 Å². The summed E-state index contributed by atoms with van der Waals surface area (Å²) in [6, 6.07) is 5.33. The van der Waals surface area contributed by atoms with Crippen LogP contribution in [0.25, 0.3) is 0 Å². The lowest BCUT2D eigenvalue weighted by atomic mass is 9.94. The van der Waals surface area contributed by atoms with Crippen molar-refractivity contribution >= 4 is 17.7 Å². The van der Waals surface area contributed by atoms with Crippen LogP contribution >= 0.6 is 0 Å². The zero-order valence-electron chi connectivity index (χ0n) is 20.5. The average molecular weight is 500 g/mol. The largest absolute Gasteiger partial charge is 0.501 e. The van der Waals surface area contributed by atoms with Crippen molar-refractivity contribution in [3.8, 4) is 5.75 Å². The van der Waals surface area contributed by atoms with Crippen molar-refractivity contribution in [1.82, 2.24) is 25.1 Å². The third-order valence-electron chi connectivity index (χ3n) is 7.17. The van der Waals surface area contributed by atoms with Crippen LogP contribution in [0, 0.1) is 11.7 Å². The van der Waals surface area contributed by atoms with Gasteiger partial charge in [0, 0.05) is 26.2 Å². The lowest BCUT2D eigenvalue weighted by Gasteiger charge is -2.32. The van der Waals surface area contributed by atoms with Crippen LogP contribution in [0.3, 0.4) is 0 Å². The Hall–Kier alpha value is -3.76. The first-order chi connectivity index (χ1) is 17.0. The van der Waals surface area contributed by atoms with E-state index in [-0.39, 0.29) is 30.9 Å². The molecular formula is C25H30FN5O5. The van der Waals surface area contributed by atoms with Gasteiger partial charge >= 0.3 is 11.8 Å². The molecule has 0 spiro atoms. The summed E-state index contributed by atoms with van der Waals surface area (Å²) >= 11 is 0. The average Bonchev–Trinajstić information content (AvgIpc) is 3.19. The second kappa shape index (κ2) is 9.71. The van der Waals surface area contributed by atoms with Crippen molar-refractivity contribution in [1.29, 1.82) is 0 Å². The minimum Gasteiger partial charge on any atom is -0.501 e. The molecule has 4 rings (SSSR count). The molecule has 1 fully saturated rings. The van der Waals surface area contributed by atoms with E-state index in [9.17, 15) is 28.7 Å². The van der Waals surface area contributed by atoms with Crippen LogP contribution < -0.4 is 16.2 Å². The maximum atomic E-state index is 13.2. The summed E-state index contributed by atoms with van der Waals surface area (Å²) in [6.45, 7) is 3.88. The number of nitrogens with zero attached hydrogens (tertiary/aromatic N) is 3. The molecule has 2 aliphatic rings. The lowest BCUT2D eigenvalue weighted by molar-refractivity contribution is -0.147. The van der Waals surface area contributed by atoms with Crippen LogP contribution in [0.2, 0.25) is 0 Å². The SMILES string of the molecule is CC(C)N(C)C(=O)C(=O)NC12CCC(CCn3c1nc(C(=O)NCc1ccc(F)cc1)c(O)c3=O)C2. The Balaban J connectivity index is 1.68. The number of hydrogen-bond acceptors (Lipinski definition) is 6. The monoisotopic (exact) mass is 499 g/mol. The first-order valence-electron chi connectivity index (χ1n) is 12.0. The Morgan fingerprint density at radius 3 is 2.61 bits per heavy atom. The molecule has 192 valence electrons. The third kappa shape index (κ3) is 4.69. The first kappa shape index (κ1) is 25.3. The number of aromatic nitrogens is 2. The predicted molar refractivity (Wildman–Crippen MR) is 127 cm³/mol. The zero-order chi connectivity index (χ0) is 26.2. The number of nitrogens with one attached hydrogen (secondary N) is 2. The third-order valence-corrected chi connectivity index (χ3v) is 7.17. The van der Waals surface area contributed by atoms with Crippen LogP contribution in [0.1, 0.15) is 61.4 Å². The van der Waals surface area contributed by atoms with E-state index < -0.39 is 46.1 Å². The van der Waals surface area contributed by atoms with E-state index in [0.29, 0.717) is 24.8 Å². The van der Waals surface area contributed by atoms with Crippen molar-refractivity contribution in [3.05, 3.63) is 57.5 Å². The standard InChI is InChI=1S/C25H30FN5O5/c1-14(2)30(3)23(36)21(34)29-25-10-8-15(12-25)9-11-31-22(35)19(32)18(28-24(25)31)20(33)27-13-16-4-6-17(26)7-5-16/h4-7,14-15,32H,8-13H2,1-3H3,(H,27,33)(H,29,34). The Morgan fingerprint density at radius 1 is 1.25 bits per heavy atom. The molecule has 2 aromatic rings. The van der Waals surface area contributed by atoms with Gasteiger partial charge in [-0.3, -0.25) is 23.7 Å². The number of amides is 3. The first-order valence-corrected chi connectivity index (χ1v) is 12.0. The highest BCUT2D eigenvalue weighted by Gasteiger charge is 2.48. The molecular weight excluding hydrogens is 469 g/mol. The van der Waals surface area contributed by atoms with Gasteiger partial charge in [-0.2, -0.15) is 0 Å². The normalized spacial score (nSPS) is 20.4. The molecule has 10 nitrogen and oxygen atoms in total. The van der Waals surface area contributed by atoms with E-state index in [2.05, 4.69) is 15.6 Å². The second-order valence-electron chi connectivity index (χ2n) is 9.84. The number of carbonyl (C=O) groups excluding carboxylic acids is 3. The molecule has 0 radical (unpaired) electrons. The highest BCUT2D eigenvalue weighted by atomic mass is 19.1. The van der Waals surface area contributed by atoms with Gasteiger partial charge in [0.05, 0.1) is 5.54 Å². The summed E-state index contributed by atoms with van der Waals surface area (Å²) in [5.74, 6) is -3.17. The summed E-state index contributed by atoms with van der Waals surface area (Å²) < 4.78 is 14.4. The molecule has 36 heavy (non-hydrogen) atoms. The predicted octanol–water partition coefficient (Wildman–Crippen LogP) is 1.40. The number of fused-ring (bicyclic) bond motifs is 4. The zero-order valence-corrected chi connectivity index (χ0v) is 20.5. The number of hydrogen-bond donors (Lipinski definition) is 3. The minimum absolute atomic E-state index is 0.0264. The smallest absolute Gasteiger partial charge is 0.311 e. The molecule has 2 unspecified atom stereocenters. The Bertz CT molecular complexity index is 1260. The van der Waals surface area contributed by atoms with Crippen molar-refractivity contribution in [2.45, 2.75) is 64.2 Å². The molecule has 1 aliphatic heterocycles. The van der Waals surface area contributed by atoms with E-state index in [1.165, 1.54) is 40.8 Å². The van der Waals surface area contributed by atoms with E-state index in [1.807, 2.05) is 0 Å². The summed E-state index contributed by atoms with van der Waals surface area (Å²) in [4.78, 5) is 57.4. The Kier molecular flexibility index (Phi) is 6.83. The van der Waals surface area contributed by atoms with Crippen LogP contribution in [-0.4, -0.2) is 50.4 Å². The van der Waals surface area contributed by atoms with Gasteiger partial charge in [-0.1, -0.05) is 12.1 Å². The number of likely N-dealkylation sites (N-methyl/N-ethyl adjacent to an activating group) is 1. The van der Waals surface area contributed by atoms with Crippen LogP contribution in [-0.2, 0) is 28.2 Å². The van der Waals surface area contributed by atoms with Crippen molar-refractivity contribution in [2.75, 3.05) is 7.05 Å². The van der Waals surface area contributed by atoms with Crippen LogP contribution in [0.4, 0.5) is 4.39 Å². The highest BCUT2D eigenvalue weighted by molar-refractivity contribution is 6.35. The van der Waals surface area contributed by atoms with Gasteiger partial charge in [0.2, 0.25) is 5.75 Å². The molecule has 1 aromatic heterocycles. The van der Waals surface area contributed by atoms with E-state index >= 15 is 0 Å². The molecule has 2 heterocycles. The molecule has 1 saturated carbocycles. The summed E-state index contributed by atoms with van der Waals surface area (Å²) in [5.41, 5.74) is -1.74. The molecule has 11 heteroatoms. The molecule has 0 saturated heterocycles. The molecule has 2 atom stereocenters. The molecule has 2 bridgehead atoms. The fraction of sp³-hybridized carbons (Fsp3) is 0.480. The van der Waals surface area contributed by atoms with Crippen LogP contribution in [0.5, 0.6) is 5.75 Å². The number of rotatable bonds is 5. The van der Waals surface area contributed by atoms with Crippen LogP contribution in [0.15, 0.2) is 29.1 Å². The number of carbonyl (C=O) groups is 3. The van der Waals surface area contributed by atoms with Gasteiger partial charge in [-0.25, -0.2) is 9.37 Å². The molecule has 3 amide bonds. The maximum absolute atomic E-state index is 13.2. The van der Waals surface area contributed by atoms with Crippen molar-refractivity contribution < 1.29 is 23.9 Å². The van der Waals surface area contributed by atoms with Gasteiger partial charge in [-0.15, -0.1) is 0 Å². The molecule has 3 N–H and O–H groups in total. The number of benzene rings is 1. The van der Waals surface area contributed by atoms with Gasteiger partial charge in [-0.05, 0) is 63.1 Å².